The van der Waals surface area contributed by atoms with Gasteiger partial charge in [0, 0.05) is 0 Å². The van der Waals surface area contributed by atoms with Crippen LogP contribution in [0, 0.1) is 0 Å². The van der Waals surface area contributed by atoms with Crippen molar-refractivity contribution < 1.29 is 63.3 Å². The molecule has 6 atom stereocenters. The largest absolute Gasteiger partial charge is 0.482 e. The SMILES string of the molecule is CCOC(=O)COc1cccc(Cc2cccc(O[C@H]3O[C@H](C(O)C(C)=O)[C@](O)(C(C)=O)[C@@](O)(C(C)=O)[C@@]3(O)C(C)=O)c2)c1. The van der Waals surface area contributed by atoms with Crippen molar-refractivity contribution in [3.63, 3.8) is 0 Å². The summed E-state index contributed by atoms with van der Waals surface area (Å²) >= 11 is 0. The highest BCUT2D eigenvalue weighted by molar-refractivity contribution is 6.05. The van der Waals surface area contributed by atoms with Gasteiger partial charge in [0.25, 0.3) is 0 Å². The van der Waals surface area contributed by atoms with E-state index in [0.717, 1.165) is 26.3 Å². The number of aliphatic hydroxyl groups is 4. The van der Waals surface area contributed by atoms with Crippen LogP contribution in [0.3, 0.4) is 0 Å². The molecule has 1 unspecified atom stereocenters. The molecule has 2 aromatic carbocycles. The number of hydrogen-bond donors (Lipinski definition) is 4. The van der Waals surface area contributed by atoms with Crippen molar-refractivity contribution >= 4 is 29.1 Å². The van der Waals surface area contributed by atoms with E-state index in [-0.39, 0.29) is 19.0 Å². The van der Waals surface area contributed by atoms with Crippen molar-refractivity contribution in [2.75, 3.05) is 13.2 Å². The Labute approximate surface area is 253 Å². The van der Waals surface area contributed by atoms with E-state index in [2.05, 4.69) is 0 Å². The van der Waals surface area contributed by atoms with Gasteiger partial charge < -0.3 is 39.4 Å². The average Bonchev–Trinajstić information content (AvgIpc) is 2.96. The van der Waals surface area contributed by atoms with Crippen LogP contribution in [0.25, 0.3) is 0 Å². The minimum absolute atomic E-state index is 0.0443. The van der Waals surface area contributed by atoms with E-state index < -0.39 is 64.4 Å². The minimum Gasteiger partial charge on any atom is -0.482 e. The van der Waals surface area contributed by atoms with Crippen molar-refractivity contribution in [2.24, 2.45) is 0 Å². The van der Waals surface area contributed by atoms with Gasteiger partial charge >= 0.3 is 5.97 Å². The molecule has 13 heteroatoms. The van der Waals surface area contributed by atoms with Crippen LogP contribution >= 0.6 is 0 Å². The van der Waals surface area contributed by atoms with E-state index in [4.69, 9.17) is 18.9 Å². The van der Waals surface area contributed by atoms with Gasteiger partial charge in [0.1, 0.15) is 23.7 Å². The fourth-order valence-corrected chi connectivity index (χ4v) is 5.22. The highest BCUT2D eigenvalue weighted by atomic mass is 16.7. The van der Waals surface area contributed by atoms with E-state index in [1.807, 2.05) is 0 Å². The number of carbonyl (C=O) groups is 5. The molecule has 1 aliphatic rings. The highest BCUT2D eigenvalue weighted by Crippen LogP contribution is 2.48. The molecule has 4 N–H and O–H groups in total. The fraction of sp³-hybridized carbons (Fsp3) is 0.452. The summed E-state index contributed by atoms with van der Waals surface area (Å²) in [5.41, 5.74) is -9.03. The Morgan fingerprint density at radius 1 is 0.841 bits per heavy atom. The maximum Gasteiger partial charge on any atom is 0.344 e. The number of carbonyl (C=O) groups excluding carboxylic acids is 5. The first-order chi connectivity index (χ1) is 20.5. The van der Waals surface area contributed by atoms with Crippen LogP contribution in [-0.4, -0.2) is 98.0 Å². The second-order valence-electron chi connectivity index (χ2n) is 10.5. The van der Waals surface area contributed by atoms with Gasteiger partial charge in [0.15, 0.2) is 35.3 Å². The molecule has 0 spiro atoms. The first kappa shape index (κ1) is 34.5. The number of aliphatic hydroxyl groups excluding tert-OH is 1. The van der Waals surface area contributed by atoms with Gasteiger partial charge in [-0.15, -0.1) is 0 Å². The first-order valence-corrected chi connectivity index (χ1v) is 13.7. The molecule has 1 aliphatic heterocycles. The van der Waals surface area contributed by atoms with Gasteiger partial charge in [-0.05, 0) is 76.4 Å². The van der Waals surface area contributed by atoms with Crippen molar-refractivity contribution in [3.05, 3.63) is 59.7 Å². The standard InChI is InChI=1S/C31H36O13/c1-6-41-25(36)16-42-23-11-7-9-21(14-23)13-22-10-8-12-24(15-22)43-28-30(39,19(4)34)31(40,20(5)35)29(38,18(3)33)27(44-28)26(37)17(2)32/h7-12,14-15,26-28,37-40H,6,13,16H2,1-5H3/t26?,27-,28+,29-,30-,31+/m1/s1. The molecular weight excluding hydrogens is 580 g/mol. The van der Waals surface area contributed by atoms with Gasteiger partial charge in [-0.2, -0.15) is 0 Å². The van der Waals surface area contributed by atoms with E-state index in [1.54, 1.807) is 43.3 Å². The number of ketones is 4. The number of hydrogen-bond acceptors (Lipinski definition) is 13. The Balaban J connectivity index is 1.99. The lowest BCUT2D eigenvalue weighted by Crippen LogP contribution is -2.87. The quantitative estimate of drug-likeness (QED) is 0.223. The predicted octanol–water partition coefficient (Wildman–Crippen LogP) is 0.233. The van der Waals surface area contributed by atoms with E-state index >= 15 is 0 Å². The van der Waals surface area contributed by atoms with E-state index in [0.29, 0.717) is 24.7 Å². The van der Waals surface area contributed by atoms with E-state index in [9.17, 15) is 44.4 Å². The normalized spacial score (nSPS) is 27.1. The van der Waals surface area contributed by atoms with Gasteiger partial charge in [-0.25, -0.2) is 4.79 Å². The lowest BCUT2D eigenvalue weighted by Gasteiger charge is -2.57. The molecule has 2 aromatic rings. The summed E-state index contributed by atoms with van der Waals surface area (Å²) in [4.78, 5) is 62.3. The molecule has 0 aliphatic carbocycles. The monoisotopic (exact) mass is 616 g/mol. The fourth-order valence-electron chi connectivity index (χ4n) is 5.22. The number of benzene rings is 2. The zero-order chi connectivity index (χ0) is 33.0. The third-order valence-corrected chi connectivity index (χ3v) is 7.52. The lowest BCUT2D eigenvalue weighted by atomic mass is 9.60. The molecule has 44 heavy (non-hydrogen) atoms. The number of rotatable bonds is 13. The maximum atomic E-state index is 12.9. The molecule has 0 bridgehead atoms. The van der Waals surface area contributed by atoms with Crippen LogP contribution in [0.5, 0.6) is 11.5 Å². The Kier molecular flexibility index (Phi) is 10.4. The summed E-state index contributed by atoms with van der Waals surface area (Å²) in [5, 5.41) is 45.3. The molecule has 0 aromatic heterocycles. The molecular formula is C31H36O13. The number of ether oxygens (including phenoxy) is 4. The lowest BCUT2D eigenvalue weighted by molar-refractivity contribution is -0.358. The summed E-state index contributed by atoms with van der Waals surface area (Å²) in [6.07, 6.45) is -6.58. The van der Waals surface area contributed by atoms with Gasteiger partial charge in [-0.3, -0.25) is 19.2 Å². The van der Waals surface area contributed by atoms with Crippen LogP contribution in [0.4, 0.5) is 0 Å². The molecule has 13 nitrogen and oxygen atoms in total. The van der Waals surface area contributed by atoms with Crippen LogP contribution in [-0.2, 0) is 39.9 Å². The third kappa shape index (κ3) is 6.14. The zero-order valence-corrected chi connectivity index (χ0v) is 24.9. The minimum atomic E-state index is -3.61. The first-order valence-electron chi connectivity index (χ1n) is 13.7. The predicted molar refractivity (Wildman–Crippen MR) is 151 cm³/mol. The molecule has 0 saturated carbocycles. The Morgan fingerprint density at radius 2 is 1.39 bits per heavy atom. The van der Waals surface area contributed by atoms with Crippen LogP contribution in [0.1, 0.15) is 45.7 Å². The molecule has 0 amide bonds. The smallest absolute Gasteiger partial charge is 0.344 e. The van der Waals surface area contributed by atoms with Crippen LogP contribution in [0.15, 0.2) is 48.5 Å². The summed E-state index contributed by atoms with van der Waals surface area (Å²) in [7, 11) is 0. The molecule has 1 saturated heterocycles. The second kappa shape index (κ2) is 13.3. The van der Waals surface area contributed by atoms with Crippen molar-refractivity contribution in [3.8, 4) is 11.5 Å². The summed E-state index contributed by atoms with van der Waals surface area (Å²) in [6, 6.07) is 13.1. The van der Waals surface area contributed by atoms with Gasteiger partial charge in [0.05, 0.1) is 6.61 Å². The third-order valence-electron chi connectivity index (χ3n) is 7.52. The van der Waals surface area contributed by atoms with Gasteiger partial charge in [-0.1, -0.05) is 24.3 Å². The molecule has 1 fully saturated rings. The highest BCUT2D eigenvalue weighted by Gasteiger charge is 2.80. The zero-order valence-electron chi connectivity index (χ0n) is 24.9. The van der Waals surface area contributed by atoms with Gasteiger partial charge in [0.2, 0.25) is 17.5 Å². The second-order valence-corrected chi connectivity index (χ2v) is 10.5. The van der Waals surface area contributed by atoms with Crippen molar-refractivity contribution in [1.82, 2.24) is 0 Å². The Morgan fingerprint density at radius 3 is 1.89 bits per heavy atom. The van der Waals surface area contributed by atoms with E-state index in [1.165, 1.54) is 12.1 Å². The summed E-state index contributed by atoms with van der Waals surface area (Å²) in [6.45, 7) is 4.77. The maximum absolute atomic E-state index is 12.9. The molecule has 1 heterocycles. The van der Waals surface area contributed by atoms with Crippen molar-refractivity contribution in [1.29, 1.82) is 0 Å². The molecule has 0 radical (unpaired) electrons. The average molecular weight is 617 g/mol. The van der Waals surface area contributed by atoms with Crippen molar-refractivity contribution in [2.45, 2.75) is 76.3 Å². The topological polar surface area (TPSA) is 203 Å². The summed E-state index contributed by atoms with van der Waals surface area (Å²) < 4.78 is 21.6. The van der Waals surface area contributed by atoms with Crippen LogP contribution < -0.4 is 9.47 Å². The molecule has 238 valence electrons. The number of esters is 1. The summed E-state index contributed by atoms with van der Waals surface area (Å²) in [5.74, 6) is -5.26. The Bertz CT molecular complexity index is 1440. The van der Waals surface area contributed by atoms with Crippen LogP contribution in [0.2, 0.25) is 0 Å². The number of Topliss-reactive ketones (excluding diaryl/α,β-unsaturated/α-hetero) is 4. The Hall–Kier alpha value is -4.01. The molecule has 3 rings (SSSR count).